The molecule has 0 atom stereocenters. The summed E-state index contributed by atoms with van der Waals surface area (Å²) in [7, 11) is 0. The average Bonchev–Trinajstić information content (AvgIpc) is 2.57. The second-order valence-electron chi connectivity index (χ2n) is 3.81. The first-order valence-corrected chi connectivity index (χ1v) is 5.21. The average molecular weight is 233 g/mol. The molecule has 4 nitrogen and oxygen atoms in total. The lowest BCUT2D eigenvalue weighted by Crippen LogP contribution is -2.09. The van der Waals surface area contributed by atoms with Gasteiger partial charge in [0, 0.05) is 5.56 Å². The van der Waals surface area contributed by atoms with Crippen LogP contribution in [-0.4, -0.2) is 20.5 Å². The number of aryl methyl sites for hydroxylation is 2. The third-order valence-electron chi connectivity index (χ3n) is 2.45. The number of Topliss-reactive ketones (excluding diaryl/α,β-unsaturated/α-hetero) is 1. The molecule has 0 amide bonds. The van der Waals surface area contributed by atoms with E-state index in [1.807, 2.05) is 0 Å². The number of aromatic nitrogens is 3. The highest BCUT2D eigenvalue weighted by Gasteiger charge is 2.17. The number of nitrogens with zero attached hydrogens (tertiary/aromatic N) is 3. The van der Waals surface area contributed by atoms with Gasteiger partial charge in [-0.3, -0.25) is 4.79 Å². The van der Waals surface area contributed by atoms with Gasteiger partial charge in [-0.15, -0.1) is 0 Å². The van der Waals surface area contributed by atoms with Crippen molar-refractivity contribution >= 4 is 5.78 Å². The van der Waals surface area contributed by atoms with Crippen molar-refractivity contribution in [2.75, 3.05) is 0 Å². The van der Waals surface area contributed by atoms with Crippen LogP contribution in [0.3, 0.4) is 0 Å². The molecule has 2 aromatic rings. The summed E-state index contributed by atoms with van der Waals surface area (Å²) < 4.78 is 15.2. The highest BCUT2D eigenvalue weighted by atomic mass is 19.1. The van der Waals surface area contributed by atoms with E-state index >= 15 is 0 Å². The van der Waals surface area contributed by atoms with Gasteiger partial charge in [-0.05, 0) is 32.9 Å². The van der Waals surface area contributed by atoms with E-state index in [1.165, 1.54) is 23.7 Å². The molecule has 0 unspecified atom stereocenters. The summed E-state index contributed by atoms with van der Waals surface area (Å²) in [6.07, 6.45) is 0. The van der Waals surface area contributed by atoms with Gasteiger partial charge in [0.25, 0.3) is 0 Å². The molecular formula is C12H12FN3O. The summed E-state index contributed by atoms with van der Waals surface area (Å²) in [6.45, 7) is 4.84. The molecule has 0 N–H and O–H groups in total. The minimum Gasteiger partial charge on any atom is -0.294 e. The van der Waals surface area contributed by atoms with Crippen molar-refractivity contribution < 1.29 is 9.18 Å². The Kier molecular flexibility index (Phi) is 2.75. The van der Waals surface area contributed by atoms with Crippen LogP contribution in [0.15, 0.2) is 18.2 Å². The van der Waals surface area contributed by atoms with Gasteiger partial charge >= 0.3 is 0 Å². The van der Waals surface area contributed by atoms with Crippen LogP contribution in [0.5, 0.6) is 0 Å². The van der Waals surface area contributed by atoms with E-state index < -0.39 is 5.82 Å². The van der Waals surface area contributed by atoms with Crippen LogP contribution in [0.2, 0.25) is 0 Å². The Bertz CT molecular complexity index is 589. The largest absolute Gasteiger partial charge is 0.294 e. The molecule has 0 bridgehead atoms. The highest BCUT2D eigenvalue weighted by molar-refractivity contribution is 5.97. The molecule has 2 rings (SSSR count). The van der Waals surface area contributed by atoms with Gasteiger partial charge in [0.1, 0.15) is 23.2 Å². The quantitative estimate of drug-likeness (QED) is 0.747. The van der Waals surface area contributed by atoms with E-state index in [0.29, 0.717) is 17.2 Å². The summed E-state index contributed by atoms with van der Waals surface area (Å²) in [5.41, 5.74) is 0.469. The van der Waals surface area contributed by atoms with E-state index in [-0.39, 0.29) is 11.5 Å². The van der Waals surface area contributed by atoms with Gasteiger partial charge in [0.05, 0.1) is 0 Å². The maximum Gasteiger partial charge on any atom is 0.162 e. The Balaban J connectivity index is 2.74. The number of rotatable bonds is 2. The maximum absolute atomic E-state index is 13.8. The number of ketones is 1. The minimum atomic E-state index is -0.481. The van der Waals surface area contributed by atoms with E-state index in [0.717, 1.165) is 0 Å². The molecule has 0 aliphatic heterocycles. The fraction of sp³-hybridized carbons (Fsp3) is 0.250. The number of carbonyl (C=O) groups is 1. The van der Waals surface area contributed by atoms with Crippen LogP contribution >= 0.6 is 0 Å². The second-order valence-corrected chi connectivity index (χ2v) is 3.81. The van der Waals surface area contributed by atoms with Crippen molar-refractivity contribution in [1.82, 2.24) is 14.8 Å². The van der Waals surface area contributed by atoms with Crippen LogP contribution in [-0.2, 0) is 0 Å². The fourth-order valence-corrected chi connectivity index (χ4v) is 1.75. The molecule has 88 valence electrons. The second kappa shape index (κ2) is 4.08. The van der Waals surface area contributed by atoms with Crippen LogP contribution in [0.25, 0.3) is 5.69 Å². The predicted octanol–water partition coefficient (Wildman–Crippen LogP) is 2.23. The van der Waals surface area contributed by atoms with Crippen LogP contribution in [0.1, 0.15) is 28.9 Å². The first-order chi connectivity index (χ1) is 8.00. The van der Waals surface area contributed by atoms with E-state index in [2.05, 4.69) is 10.1 Å². The van der Waals surface area contributed by atoms with E-state index in [4.69, 9.17) is 0 Å². The van der Waals surface area contributed by atoms with Gasteiger partial charge in [0.2, 0.25) is 0 Å². The van der Waals surface area contributed by atoms with Crippen molar-refractivity contribution in [2.24, 2.45) is 0 Å². The number of carbonyl (C=O) groups excluding carboxylic acids is 1. The van der Waals surface area contributed by atoms with Crippen molar-refractivity contribution in [3.63, 3.8) is 0 Å². The zero-order chi connectivity index (χ0) is 12.6. The van der Waals surface area contributed by atoms with E-state index in [9.17, 15) is 9.18 Å². The Hall–Kier alpha value is -2.04. The highest BCUT2D eigenvalue weighted by Crippen LogP contribution is 2.19. The molecule has 5 heteroatoms. The molecule has 0 fully saturated rings. The van der Waals surface area contributed by atoms with Crippen LogP contribution in [0, 0.1) is 19.7 Å². The first-order valence-electron chi connectivity index (χ1n) is 5.21. The number of para-hydroxylation sites is 1. The molecule has 1 aromatic heterocycles. The van der Waals surface area contributed by atoms with Crippen molar-refractivity contribution in [1.29, 1.82) is 0 Å². The van der Waals surface area contributed by atoms with Crippen molar-refractivity contribution in [2.45, 2.75) is 20.8 Å². The Morgan fingerprint density at radius 3 is 2.59 bits per heavy atom. The van der Waals surface area contributed by atoms with Gasteiger partial charge in [-0.25, -0.2) is 14.1 Å². The van der Waals surface area contributed by atoms with Crippen LogP contribution in [0.4, 0.5) is 4.39 Å². The fourth-order valence-electron chi connectivity index (χ4n) is 1.75. The lowest BCUT2D eigenvalue weighted by molar-refractivity contribution is 0.101. The summed E-state index contributed by atoms with van der Waals surface area (Å²) in [5.74, 6) is 0.410. The molecule has 0 spiro atoms. The summed E-state index contributed by atoms with van der Waals surface area (Å²) in [5, 5.41) is 4.10. The van der Waals surface area contributed by atoms with Gasteiger partial charge in [0.15, 0.2) is 5.78 Å². The first kappa shape index (κ1) is 11.4. The Morgan fingerprint density at radius 2 is 2.06 bits per heavy atom. The van der Waals surface area contributed by atoms with Gasteiger partial charge in [-0.2, -0.15) is 5.10 Å². The Morgan fingerprint density at radius 1 is 1.35 bits per heavy atom. The van der Waals surface area contributed by atoms with Gasteiger partial charge < -0.3 is 0 Å². The molecular weight excluding hydrogens is 221 g/mol. The topological polar surface area (TPSA) is 47.8 Å². The third kappa shape index (κ3) is 1.95. The third-order valence-corrected chi connectivity index (χ3v) is 2.45. The zero-order valence-electron chi connectivity index (χ0n) is 9.86. The zero-order valence-corrected chi connectivity index (χ0v) is 9.86. The lowest BCUT2D eigenvalue weighted by atomic mass is 10.1. The summed E-state index contributed by atoms with van der Waals surface area (Å²) in [4.78, 5) is 15.6. The number of hydrogen-bond acceptors (Lipinski definition) is 3. The number of hydrogen-bond donors (Lipinski definition) is 0. The predicted molar refractivity (Wildman–Crippen MR) is 60.8 cm³/mol. The molecule has 0 saturated carbocycles. The number of benzene rings is 1. The Labute approximate surface area is 98.1 Å². The molecule has 0 radical (unpaired) electrons. The molecule has 0 aliphatic rings. The number of halogens is 1. The lowest BCUT2D eigenvalue weighted by Gasteiger charge is -2.08. The summed E-state index contributed by atoms with van der Waals surface area (Å²) >= 11 is 0. The molecule has 17 heavy (non-hydrogen) atoms. The van der Waals surface area contributed by atoms with Gasteiger partial charge in [-0.1, -0.05) is 6.07 Å². The van der Waals surface area contributed by atoms with E-state index in [1.54, 1.807) is 19.9 Å². The molecule has 1 heterocycles. The monoisotopic (exact) mass is 233 g/mol. The smallest absolute Gasteiger partial charge is 0.162 e. The molecule has 0 saturated heterocycles. The maximum atomic E-state index is 13.8. The summed E-state index contributed by atoms with van der Waals surface area (Å²) in [6, 6.07) is 4.39. The minimum absolute atomic E-state index is 0.165. The van der Waals surface area contributed by atoms with Crippen LogP contribution < -0.4 is 0 Å². The van der Waals surface area contributed by atoms with Crippen molar-refractivity contribution in [3.8, 4) is 5.69 Å². The van der Waals surface area contributed by atoms with Crippen molar-refractivity contribution in [3.05, 3.63) is 41.2 Å². The molecule has 0 aliphatic carbocycles. The SMILES string of the molecule is CC(=O)c1cccc(F)c1-n1nc(C)nc1C. The standard InChI is InChI=1S/C12H12FN3O/c1-7(17)10-5-4-6-11(13)12(10)16-9(3)14-8(2)15-16/h4-6H,1-3H3. The normalized spacial score (nSPS) is 10.6. The molecule has 1 aromatic carbocycles.